The topological polar surface area (TPSA) is 62.5 Å². The van der Waals surface area contributed by atoms with E-state index < -0.39 is 22.7 Å². The van der Waals surface area contributed by atoms with Crippen molar-refractivity contribution in [2.75, 3.05) is 5.32 Å². The summed E-state index contributed by atoms with van der Waals surface area (Å²) in [5, 5.41) is 11.1. The Balaban J connectivity index is 2.17. The lowest BCUT2D eigenvalue weighted by atomic mass is 10.2. The highest BCUT2D eigenvalue weighted by atomic mass is 35.5. The molecule has 0 fully saturated rings. The number of halogens is 4. The van der Waals surface area contributed by atoms with Crippen molar-refractivity contribution >= 4 is 23.3 Å². The Morgan fingerprint density at radius 3 is 2.67 bits per heavy atom. The van der Waals surface area contributed by atoms with E-state index in [2.05, 4.69) is 5.32 Å². The van der Waals surface area contributed by atoms with Crippen molar-refractivity contribution in [1.29, 1.82) is 0 Å². The zero-order valence-corrected chi connectivity index (χ0v) is 11.1. The molecule has 0 spiro atoms. The Hall–Kier alpha value is -2.15. The molecule has 2 N–H and O–H groups in total. The Labute approximate surface area is 122 Å². The molecular weight excluding hydrogens is 311 g/mol. The molecule has 0 bridgehead atoms. The van der Waals surface area contributed by atoms with E-state index in [1.807, 2.05) is 0 Å². The lowest BCUT2D eigenvalue weighted by molar-refractivity contribution is -0.137. The quantitative estimate of drug-likeness (QED) is 0.883. The average Bonchev–Trinajstić information content (AvgIpc) is 2.85. The first-order chi connectivity index (χ1) is 9.79. The second kappa shape index (κ2) is 5.69. The smallest absolute Gasteiger partial charge is 0.417 e. The standard InChI is InChI=1S/C13H9ClF3NO3/c14-10-2-1-7(5-9(10)13(15,16)17)18-6-11-8(12(19)20)3-4-21-11/h1-5,18H,6H2,(H,19,20). The van der Waals surface area contributed by atoms with Crippen LogP contribution >= 0.6 is 11.6 Å². The number of carboxylic acids is 1. The van der Waals surface area contributed by atoms with Gasteiger partial charge in [0.15, 0.2) is 0 Å². The number of furan rings is 1. The summed E-state index contributed by atoms with van der Waals surface area (Å²) in [6, 6.07) is 4.60. The number of carbonyl (C=O) groups is 1. The molecule has 21 heavy (non-hydrogen) atoms. The van der Waals surface area contributed by atoms with E-state index in [-0.39, 0.29) is 23.6 Å². The maximum absolute atomic E-state index is 12.7. The van der Waals surface area contributed by atoms with Crippen LogP contribution in [0.3, 0.4) is 0 Å². The van der Waals surface area contributed by atoms with Gasteiger partial charge >= 0.3 is 12.1 Å². The Kier molecular flexibility index (Phi) is 4.13. The second-order valence-corrected chi connectivity index (χ2v) is 4.52. The third kappa shape index (κ3) is 3.49. The third-order valence-electron chi connectivity index (χ3n) is 2.70. The predicted molar refractivity (Wildman–Crippen MR) is 69.4 cm³/mol. The normalized spacial score (nSPS) is 11.4. The molecule has 0 atom stereocenters. The average molecular weight is 320 g/mol. The van der Waals surface area contributed by atoms with Gasteiger partial charge in [0.05, 0.1) is 23.4 Å². The van der Waals surface area contributed by atoms with Crippen LogP contribution in [0.1, 0.15) is 21.7 Å². The molecule has 112 valence electrons. The predicted octanol–water partition coefficient (Wildman–Crippen LogP) is 4.26. The highest BCUT2D eigenvalue weighted by Crippen LogP contribution is 2.36. The third-order valence-corrected chi connectivity index (χ3v) is 3.03. The van der Waals surface area contributed by atoms with E-state index in [9.17, 15) is 18.0 Å². The summed E-state index contributed by atoms with van der Waals surface area (Å²) in [7, 11) is 0. The van der Waals surface area contributed by atoms with Crippen molar-refractivity contribution in [1.82, 2.24) is 0 Å². The van der Waals surface area contributed by atoms with Gasteiger partial charge in [-0.25, -0.2) is 4.79 Å². The van der Waals surface area contributed by atoms with Gasteiger partial charge in [-0.1, -0.05) is 11.6 Å². The van der Waals surface area contributed by atoms with Gasteiger partial charge in [0.2, 0.25) is 0 Å². The van der Waals surface area contributed by atoms with Crippen LogP contribution in [0.5, 0.6) is 0 Å². The number of anilines is 1. The number of hydrogen-bond acceptors (Lipinski definition) is 3. The van der Waals surface area contributed by atoms with Crippen molar-refractivity contribution in [3.8, 4) is 0 Å². The fourth-order valence-corrected chi connectivity index (χ4v) is 1.93. The number of carboxylic acid groups (broad SMARTS) is 1. The highest BCUT2D eigenvalue weighted by molar-refractivity contribution is 6.31. The molecule has 0 unspecified atom stereocenters. The number of rotatable bonds is 4. The van der Waals surface area contributed by atoms with Gasteiger partial charge in [-0.3, -0.25) is 0 Å². The summed E-state index contributed by atoms with van der Waals surface area (Å²) in [5.41, 5.74) is -0.862. The molecule has 0 saturated carbocycles. The highest BCUT2D eigenvalue weighted by Gasteiger charge is 2.33. The van der Waals surface area contributed by atoms with Gasteiger partial charge in [-0.15, -0.1) is 0 Å². The van der Waals surface area contributed by atoms with E-state index >= 15 is 0 Å². The molecule has 1 heterocycles. The largest absolute Gasteiger partial charge is 0.478 e. The van der Waals surface area contributed by atoms with Crippen molar-refractivity contribution in [2.45, 2.75) is 12.7 Å². The molecule has 0 radical (unpaired) electrons. The van der Waals surface area contributed by atoms with Gasteiger partial charge in [0.1, 0.15) is 11.3 Å². The summed E-state index contributed by atoms with van der Waals surface area (Å²) in [4.78, 5) is 10.9. The monoisotopic (exact) mass is 319 g/mol. The van der Waals surface area contributed by atoms with Crippen LogP contribution < -0.4 is 5.32 Å². The summed E-state index contributed by atoms with van der Waals surface area (Å²) in [5.74, 6) is -1.06. The summed E-state index contributed by atoms with van der Waals surface area (Å²) in [6.45, 7) is -0.0619. The van der Waals surface area contributed by atoms with E-state index in [1.54, 1.807) is 0 Å². The van der Waals surface area contributed by atoms with Crippen molar-refractivity contribution < 1.29 is 27.5 Å². The minimum Gasteiger partial charge on any atom is -0.478 e. The molecule has 0 saturated heterocycles. The second-order valence-electron chi connectivity index (χ2n) is 4.11. The number of nitrogens with one attached hydrogen (secondary N) is 1. The molecule has 8 heteroatoms. The zero-order chi connectivity index (χ0) is 15.6. The molecule has 0 aliphatic carbocycles. The summed E-state index contributed by atoms with van der Waals surface area (Å²) >= 11 is 5.50. The Bertz CT molecular complexity index is 667. The molecule has 0 aliphatic heterocycles. The summed E-state index contributed by atoms with van der Waals surface area (Å²) in [6.07, 6.45) is -3.37. The van der Waals surface area contributed by atoms with E-state index in [1.165, 1.54) is 18.4 Å². The zero-order valence-electron chi connectivity index (χ0n) is 10.4. The van der Waals surface area contributed by atoms with Crippen LogP contribution in [0.25, 0.3) is 0 Å². The Morgan fingerprint density at radius 1 is 1.33 bits per heavy atom. The molecule has 4 nitrogen and oxygen atoms in total. The van der Waals surface area contributed by atoms with Crippen LogP contribution in [0.15, 0.2) is 34.9 Å². The minimum absolute atomic E-state index is 0.0486. The fraction of sp³-hybridized carbons (Fsp3) is 0.154. The number of aromatic carboxylic acids is 1. The number of alkyl halides is 3. The number of hydrogen-bond donors (Lipinski definition) is 2. The first-order valence-electron chi connectivity index (χ1n) is 5.69. The molecule has 2 aromatic rings. The summed E-state index contributed by atoms with van der Waals surface area (Å²) < 4.78 is 43.1. The maximum Gasteiger partial charge on any atom is 0.417 e. The SMILES string of the molecule is O=C(O)c1ccoc1CNc1ccc(Cl)c(C(F)(F)F)c1. The van der Waals surface area contributed by atoms with Crippen LogP contribution in [-0.2, 0) is 12.7 Å². The van der Waals surface area contributed by atoms with E-state index in [0.717, 1.165) is 12.1 Å². The van der Waals surface area contributed by atoms with Crippen molar-refractivity contribution in [3.63, 3.8) is 0 Å². The van der Waals surface area contributed by atoms with Crippen LogP contribution in [0, 0.1) is 0 Å². The van der Waals surface area contributed by atoms with Crippen LogP contribution in [-0.4, -0.2) is 11.1 Å². The molecule has 2 rings (SSSR count). The minimum atomic E-state index is -4.56. The molecule has 1 aromatic carbocycles. The maximum atomic E-state index is 12.7. The van der Waals surface area contributed by atoms with Gasteiger partial charge in [0, 0.05) is 5.69 Å². The van der Waals surface area contributed by atoms with E-state index in [4.69, 9.17) is 21.1 Å². The van der Waals surface area contributed by atoms with Crippen LogP contribution in [0.4, 0.5) is 18.9 Å². The van der Waals surface area contributed by atoms with Gasteiger partial charge in [0.25, 0.3) is 0 Å². The van der Waals surface area contributed by atoms with Crippen molar-refractivity contribution in [3.05, 3.63) is 52.4 Å². The first kappa shape index (κ1) is 15.2. The first-order valence-corrected chi connectivity index (χ1v) is 6.07. The fourth-order valence-electron chi connectivity index (χ4n) is 1.70. The van der Waals surface area contributed by atoms with Gasteiger partial charge in [-0.2, -0.15) is 13.2 Å². The molecule has 0 aliphatic rings. The van der Waals surface area contributed by atoms with E-state index in [0.29, 0.717) is 0 Å². The molecule has 1 aromatic heterocycles. The Morgan fingerprint density at radius 2 is 2.05 bits per heavy atom. The lowest BCUT2D eigenvalue weighted by Crippen LogP contribution is -2.08. The molecule has 0 amide bonds. The van der Waals surface area contributed by atoms with Crippen molar-refractivity contribution in [2.24, 2.45) is 0 Å². The van der Waals surface area contributed by atoms with Gasteiger partial charge in [-0.05, 0) is 24.3 Å². The lowest BCUT2D eigenvalue weighted by Gasteiger charge is -2.12. The van der Waals surface area contributed by atoms with Gasteiger partial charge < -0.3 is 14.8 Å². The number of benzene rings is 1. The van der Waals surface area contributed by atoms with Crippen LogP contribution in [0.2, 0.25) is 5.02 Å². The molecular formula is C13H9ClF3NO3.